The number of benzene rings is 1. The summed E-state index contributed by atoms with van der Waals surface area (Å²) < 4.78 is 10.4. The summed E-state index contributed by atoms with van der Waals surface area (Å²) in [7, 11) is 1.30. The number of methoxy groups -OCH3 is 1. The Labute approximate surface area is 119 Å². The van der Waals surface area contributed by atoms with Gasteiger partial charge in [0.15, 0.2) is 6.61 Å². The van der Waals surface area contributed by atoms with E-state index in [1.807, 2.05) is 0 Å². The Kier molecular flexibility index (Phi) is 5.90. The molecule has 0 fully saturated rings. The molecule has 1 aromatic carbocycles. The van der Waals surface area contributed by atoms with Crippen LogP contribution >= 0.6 is 15.9 Å². The average molecular weight is 326 g/mol. The zero-order valence-corrected chi connectivity index (χ0v) is 11.8. The highest BCUT2D eigenvalue weighted by molar-refractivity contribution is 9.10. The maximum Gasteiger partial charge on any atom is 0.337 e. The van der Waals surface area contributed by atoms with E-state index in [1.165, 1.54) is 7.11 Å². The minimum atomic E-state index is -0.445. The second-order valence-corrected chi connectivity index (χ2v) is 4.26. The van der Waals surface area contributed by atoms with Gasteiger partial charge in [-0.25, -0.2) is 4.79 Å². The molecule has 1 amide bonds. The van der Waals surface area contributed by atoms with E-state index in [-0.39, 0.29) is 19.1 Å². The fourth-order valence-electron chi connectivity index (χ4n) is 1.21. The molecule has 19 heavy (non-hydrogen) atoms. The first-order chi connectivity index (χ1) is 9.08. The molecule has 0 heterocycles. The summed E-state index contributed by atoms with van der Waals surface area (Å²) in [4.78, 5) is 22.6. The van der Waals surface area contributed by atoms with Gasteiger partial charge in [-0.05, 0) is 34.1 Å². The van der Waals surface area contributed by atoms with Gasteiger partial charge in [0, 0.05) is 0 Å². The SMILES string of the molecule is C#CCNC(=O)COc1ccc(C(=O)OC)cc1Br. The lowest BCUT2D eigenvalue weighted by molar-refractivity contribution is -0.122. The first-order valence-electron chi connectivity index (χ1n) is 5.29. The van der Waals surface area contributed by atoms with Crippen LogP contribution in [-0.4, -0.2) is 32.1 Å². The van der Waals surface area contributed by atoms with Crippen LogP contribution in [0, 0.1) is 12.3 Å². The van der Waals surface area contributed by atoms with Crippen molar-refractivity contribution in [1.82, 2.24) is 5.32 Å². The molecule has 0 spiro atoms. The van der Waals surface area contributed by atoms with Crippen molar-refractivity contribution in [3.8, 4) is 18.1 Å². The lowest BCUT2D eigenvalue weighted by Crippen LogP contribution is -2.29. The molecule has 6 heteroatoms. The van der Waals surface area contributed by atoms with Crippen molar-refractivity contribution in [3.05, 3.63) is 28.2 Å². The third-order valence-electron chi connectivity index (χ3n) is 2.10. The van der Waals surface area contributed by atoms with Crippen LogP contribution < -0.4 is 10.1 Å². The normalized spacial score (nSPS) is 9.32. The van der Waals surface area contributed by atoms with Gasteiger partial charge in [0.25, 0.3) is 5.91 Å². The molecule has 0 radical (unpaired) electrons. The maximum atomic E-state index is 11.3. The number of esters is 1. The highest BCUT2D eigenvalue weighted by Gasteiger charge is 2.10. The van der Waals surface area contributed by atoms with Crippen molar-refractivity contribution in [1.29, 1.82) is 0 Å². The van der Waals surface area contributed by atoms with E-state index in [2.05, 4.69) is 31.9 Å². The number of hydrogen-bond donors (Lipinski definition) is 1. The van der Waals surface area contributed by atoms with E-state index < -0.39 is 5.97 Å². The topological polar surface area (TPSA) is 64.6 Å². The van der Waals surface area contributed by atoms with Gasteiger partial charge in [-0.3, -0.25) is 4.79 Å². The maximum absolute atomic E-state index is 11.3. The summed E-state index contributed by atoms with van der Waals surface area (Å²) in [5.74, 6) is 1.97. The van der Waals surface area contributed by atoms with Crippen molar-refractivity contribution >= 4 is 27.8 Å². The summed E-state index contributed by atoms with van der Waals surface area (Å²) in [6.45, 7) is 0.00247. The lowest BCUT2D eigenvalue weighted by Gasteiger charge is -2.08. The lowest BCUT2D eigenvalue weighted by atomic mass is 10.2. The minimum absolute atomic E-state index is 0.155. The van der Waals surface area contributed by atoms with Crippen LogP contribution in [0.1, 0.15) is 10.4 Å². The van der Waals surface area contributed by atoms with Crippen molar-refractivity contribution in [2.45, 2.75) is 0 Å². The number of halogens is 1. The third-order valence-corrected chi connectivity index (χ3v) is 2.72. The van der Waals surface area contributed by atoms with Crippen LogP contribution in [0.3, 0.4) is 0 Å². The van der Waals surface area contributed by atoms with E-state index >= 15 is 0 Å². The Morgan fingerprint density at radius 1 is 1.47 bits per heavy atom. The number of ether oxygens (including phenoxy) is 2. The highest BCUT2D eigenvalue weighted by atomic mass is 79.9. The van der Waals surface area contributed by atoms with Gasteiger partial charge in [0.2, 0.25) is 0 Å². The number of amides is 1. The van der Waals surface area contributed by atoms with E-state index in [0.29, 0.717) is 15.8 Å². The first-order valence-corrected chi connectivity index (χ1v) is 6.08. The summed E-state index contributed by atoms with van der Waals surface area (Å²) in [6.07, 6.45) is 5.01. The molecule has 0 unspecified atom stereocenters. The number of rotatable bonds is 5. The van der Waals surface area contributed by atoms with Gasteiger partial charge >= 0.3 is 5.97 Å². The van der Waals surface area contributed by atoms with Gasteiger partial charge < -0.3 is 14.8 Å². The van der Waals surface area contributed by atoms with Gasteiger partial charge in [0.05, 0.1) is 23.7 Å². The Balaban J connectivity index is 2.63. The van der Waals surface area contributed by atoms with Crippen molar-refractivity contribution in [2.75, 3.05) is 20.3 Å². The molecule has 5 nitrogen and oxygen atoms in total. The quantitative estimate of drug-likeness (QED) is 0.656. The van der Waals surface area contributed by atoms with Crippen molar-refractivity contribution in [2.24, 2.45) is 0 Å². The molecule has 1 aromatic rings. The molecular formula is C13H12BrNO4. The van der Waals surface area contributed by atoms with Gasteiger partial charge in [0.1, 0.15) is 5.75 Å². The average Bonchev–Trinajstić information content (AvgIpc) is 2.42. The zero-order chi connectivity index (χ0) is 14.3. The van der Waals surface area contributed by atoms with Crippen LogP contribution in [0.5, 0.6) is 5.75 Å². The summed E-state index contributed by atoms with van der Waals surface area (Å²) in [5.41, 5.74) is 0.388. The fourth-order valence-corrected chi connectivity index (χ4v) is 1.70. The fraction of sp³-hybridized carbons (Fsp3) is 0.231. The van der Waals surface area contributed by atoms with Crippen molar-refractivity contribution < 1.29 is 19.1 Å². The Bertz CT molecular complexity index is 522. The molecule has 0 aliphatic carbocycles. The minimum Gasteiger partial charge on any atom is -0.483 e. The molecule has 100 valence electrons. The van der Waals surface area contributed by atoms with Gasteiger partial charge in [-0.15, -0.1) is 6.42 Å². The first kappa shape index (κ1) is 15.1. The number of nitrogens with one attached hydrogen (secondary N) is 1. The summed E-state index contributed by atoms with van der Waals surface area (Å²) >= 11 is 3.25. The van der Waals surface area contributed by atoms with Crippen LogP contribution in [0.2, 0.25) is 0 Å². The Hall–Kier alpha value is -2.00. The molecule has 1 rings (SSSR count). The number of hydrogen-bond acceptors (Lipinski definition) is 4. The van der Waals surface area contributed by atoms with Crippen LogP contribution in [0.25, 0.3) is 0 Å². The predicted octanol–water partition coefficient (Wildman–Crippen LogP) is 1.36. The molecule has 1 N–H and O–H groups in total. The van der Waals surface area contributed by atoms with E-state index in [1.54, 1.807) is 18.2 Å². The smallest absolute Gasteiger partial charge is 0.337 e. The Morgan fingerprint density at radius 3 is 2.79 bits per heavy atom. The summed E-state index contributed by atoms with van der Waals surface area (Å²) in [5, 5.41) is 2.47. The van der Waals surface area contributed by atoms with E-state index in [9.17, 15) is 9.59 Å². The second-order valence-electron chi connectivity index (χ2n) is 3.41. The predicted molar refractivity (Wildman–Crippen MR) is 72.8 cm³/mol. The largest absolute Gasteiger partial charge is 0.483 e. The number of carbonyl (C=O) groups excluding carboxylic acids is 2. The molecule has 0 bridgehead atoms. The van der Waals surface area contributed by atoms with Gasteiger partial charge in [-0.2, -0.15) is 0 Å². The zero-order valence-electron chi connectivity index (χ0n) is 10.2. The van der Waals surface area contributed by atoms with E-state index in [4.69, 9.17) is 11.2 Å². The number of carbonyl (C=O) groups is 2. The monoisotopic (exact) mass is 325 g/mol. The van der Waals surface area contributed by atoms with Crippen LogP contribution in [-0.2, 0) is 9.53 Å². The van der Waals surface area contributed by atoms with Crippen LogP contribution in [0.15, 0.2) is 22.7 Å². The molecule has 0 saturated carbocycles. The molecular weight excluding hydrogens is 314 g/mol. The third kappa shape index (κ3) is 4.64. The highest BCUT2D eigenvalue weighted by Crippen LogP contribution is 2.26. The van der Waals surface area contributed by atoms with E-state index in [0.717, 1.165) is 0 Å². The number of terminal acetylenes is 1. The molecule has 0 atom stereocenters. The standard InChI is InChI=1S/C13H12BrNO4/c1-3-6-15-12(16)8-19-11-5-4-9(7-10(11)14)13(17)18-2/h1,4-5,7H,6,8H2,2H3,(H,15,16). The molecule has 0 aliphatic heterocycles. The van der Waals surface area contributed by atoms with Crippen molar-refractivity contribution in [3.63, 3.8) is 0 Å². The second kappa shape index (κ2) is 7.44. The molecule has 0 aromatic heterocycles. The van der Waals surface area contributed by atoms with Crippen LogP contribution in [0.4, 0.5) is 0 Å². The Morgan fingerprint density at radius 2 is 2.21 bits per heavy atom. The molecule has 0 aliphatic rings. The molecule has 0 saturated heterocycles. The van der Waals surface area contributed by atoms with Gasteiger partial charge in [-0.1, -0.05) is 5.92 Å². The summed E-state index contributed by atoms with van der Waals surface area (Å²) in [6, 6.07) is 4.68.